The quantitative estimate of drug-likeness (QED) is 0.842. The van der Waals surface area contributed by atoms with Crippen molar-refractivity contribution in [2.75, 3.05) is 13.1 Å². The fourth-order valence-corrected chi connectivity index (χ4v) is 4.58. The van der Waals surface area contributed by atoms with Gasteiger partial charge in [0.15, 0.2) is 0 Å². The molecule has 28 heavy (non-hydrogen) atoms. The summed E-state index contributed by atoms with van der Waals surface area (Å²) < 4.78 is 0. The van der Waals surface area contributed by atoms with E-state index in [2.05, 4.69) is 10.3 Å². The molecule has 0 radical (unpaired) electrons. The van der Waals surface area contributed by atoms with Crippen LogP contribution in [0.1, 0.15) is 30.5 Å². The SMILES string of the molecule is O=C(NCc1ccccn1)C1CN(C(=O)Cc2ccccc2Cl)CC12CCC2. The molecule has 1 aromatic heterocycles. The molecule has 2 amide bonds. The molecule has 5 nitrogen and oxygen atoms in total. The maximum atomic E-state index is 12.9. The van der Waals surface area contributed by atoms with Gasteiger partial charge in [-0.2, -0.15) is 0 Å². The van der Waals surface area contributed by atoms with E-state index in [9.17, 15) is 9.59 Å². The molecule has 6 heteroatoms. The van der Waals surface area contributed by atoms with Crippen molar-refractivity contribution in [3.63, 3.8) is 0 Å². The lowest BCUT2D eigenvalue weighted by atomic mass is 9.62. The van der Waals surface area contributed by atoms with E-state index in [-0.39, 0.29) is 29.6 Å². The number of nitrogens with one attached hydrogen (secondary N) is 1. The molecule has 1 spiro atoms. The highest BCUT2D eigenvalue weighted by Gasteiger charge is 2.54. The zero-order chi connectivity index (χ0) is 19.6. The van der Waals surface area contributed by atoms with Gasteiger partial charge in [0, 0.05) is 29.7 Å². The van der Waals surface area contributed by atoms with Crippen molar-refractivity contribution in [3.8, 4) is 0 Å². The van der Waals surface area contributed by atoms with E-state index in [1.807, 2.05) is 41.3 Å². The largest absolute Gasteiger partial charge is 0.350 e. The Hall–Kier alpha value is -2.40. The number of hydrogen-bond donors (Lipinski definition) is 1. The van der Waals surface area contributed by atoms with Crippen LogP contribution in [0.5, 0.6) is 0 Å². The van der Waals surface area contributed by atoms with Crippen LogP contribution in [0.3, 0.4) is 0 Å². The number of pyridine rings is 1. The Morgan fingerprint density at radius 1 is 1.18 bits per heavy atom. The number of carbonyl (C=O) groups excluding carboxylic acids is 2. The first-order valence-corrected chi connectivity index (χ1v) is 10.1. The number of hydrogen-bond acceptors (Lipinski definition) is 3. The minimum absolute atomic E-state index is 0.0263. The number of aromatic nitrogens is 1. The Labute approximate surface area is 170 Å². The number of amides is 2. The van der Waals surface area contributed by atoms with E-state index in [1.54, 1.807) is 12.3 Å². The van der Waals surface area contributed by atoms with Crippen LogP contribution in [0.4, 0.5) is 0 Å². The summed E-state index contributed by atoms with van der Waals surface area (Å²) in [6.45, 7) is 1.56. The molecule has 2 fully saturated rings. The van der Waals surface area contributed by atoms with Crippen molar-refractivity contribution in [2.45, 2.75) is 32.2 Å². The minimum atomic E-state index is -0.153. The molecule has 1 N–H and O–H groups in total. The Bertz CT molecular complexity index is 867. The molecule has 1 saturated carbocycles. The molecule has 4 rings (SSSR count). The van der Waals surface area contributed by atoms with Crippen molar-refractivity contribution >= 4 is 23.4 Å². The Kier molecular flexibility index (Phi) is 5.36. The Morgan fingerprint density at radius 3 is 2.64 bits per heavy atom. The van der Waals surface area contributed by atoms with Gasteiger partial charge in [-0.05, 0) is 36.6 Å². The maximum absolute atomic E-state index is 12.9. The smallest absolute Gasteiger partial charge is 0.227 e. The fraction of sp³-hybridized carbons (Fsp3) is 0.409. The minimum Gasteiger partial charge on any atom is -0.350 e. The summed E-state index contributed by atoms with van der Waals surface area (Å²) in [5.41, 5.74) is 1.60. The molecule has 2 heterocycles. The van der Waals surface area contributed by atoms with Gasteiger partial charge >= 0.3 is 0 Å². The van der Waals surface area contributed by atoms with Crippen LogP contribution < -0.4 is 5.32 Å². The van der Waals surface area contributed by atoms with Crippen LogP contribution in [-0.4, -0.2) is 34.8 Å². The molecule has 2 aromatic rings. The third kappa shape index (κ3) is 3.76. The van der Waals surface area contributed by atoms with Crippen molar-refractivity contribution < 1.29 is 9.59 Å². The average Bonchev–Trinajstić information content (AvgIpc) is 3.10. The number of likely N-dealkylation sites (tertiary alicyclic amines) is 1. The van der Waals surface area contributed by atoms with Crippen LogP contribution in [0, 0.1) is 11.3 Å². The van der Waals surface area contributed by atoms with E-state index >= 15 is 0 Å². The zero-order valence-corrected chi connectivity index (χ0v) is 16.5. The number of halogens is 1. The summed E-state index contributed by atoms with van der Waals surface area (Å²) in [4.78, 5) is 31.9. The second-order valence-electron chi connectivity index (χ2n) is 7.85. The van der Waals surface area contributed by atoms with Gasteiger partial charge in [-0.25, -0.2) is 0 Å². The maximum Gasteiger partial charge on any atom is 0.227 e. The summed E-state index contributed by atoms with van der Waals surface area (Å²) in [7, 11) is 0. The van der Waals surface area contributed by atoms with Crippen LogP contribution in [0.25, 0.3) is 0 Å². The van der Waals surface area contributed by atoms with Crippen molar-refractivity contribution in [3.05, 3.63) is 64.9 Å². The van der Waals surface area contributed by atoms with Crippen LogP contribution in [-0.2, 0) is 22.6 Å². The average molecular weight is 398 g/mol. The highest BCUT2D eigenvalue weighted by atomic mass is 35.5. The lowest BCUT2D eigenvalue weighted by Gasteiger charge is -2.41. The van der Waals surface area contributed by atoms with E-state index in [4.69, 9.17) is 11.6 Å². The summed E-state index contributed by atoms with van der Waals surface area (Å²) in [5.74, 6) is -0.0852. The van der Waals surface area contributed by atoms with E-state index in [1.165, 1.54) is 0 Å². The van der Waals surface area contributed by atoms with Crippen molar-refractivity contribution in [1.29, 1.82) is 0 Å². The molecule has 146 valence electrons. The van der Waals surface area contributed by atoms with Crippen LogP contribution in [0.2, 0.25) is 5.02 Å². The van der Waals surface area contributed by atoms with Crippen LogP contribution >= 0.6 is 11.6 Å². The van der Waals surface area contributed by atoms with Crippen LogP contribution in [0.15, 0.2) is 48.7 Å². The topological polar surface area (TPSA) is 62.3 Å². The second kappa shape index (κ2) is 7.92. The standard InChI is InChI=1S/C22H24ClN3O2/c23-19-8-2-1-6-16(19)12-20(27)26-14-18(22(15-26)9-5-10-22)21(28)25-13-17-7-3-4-11-24-17/h1-4,6-8,11,18H,5,9-10,12-15H2,(H,25,28). The van der Waals surface area contributed by atoms with E-state index in [0.717, 1.165) is 30.5 Å². The molecule has 1 unspecified atom stereocenters. The molecule has 1 aromatic carbocycles. The first-order valence-electron chi connectivity index (χ1n) is 9.76. The number of rotatable bonds is 5. The number of carbonyl (C=O) groups is 2. The molecule has 1 aliphatic carbocycles. The highest BCUT2D eigenvalue weighted by molar-refractivity contribution is 6.31. The van der Waals surface area contributed by atoms with Crippen molar-refractivity contribution in [1.82, 2.24) is 15.2 Å². The highest BCUT2D eigenvalue weighted by Crippen LogP contribution is 2.51. The predicted molar refractivity (Wildman–Crippen MR) is 108 cm³/mol. The first-order chi connectivity index (χ1) is 13.6. The van der Waals surface area contributed by atoms with Gasteiger partial charge in [0.1, 0.15) is 0 Å². The van der Waals surface area contributed by atoms with Gasteiger partial charge in [0.2, 0.25) is 11.8 Å². The summed E-state index contributed by atoms with van der Waals surface area (Å²) in [6, 6.07) is 13.1. The Morgan fingerprint density at radius 2 is 1.96 bits per heavy atom. The fourth-order valence-electron chi connectivity index (χ4n) is 4.38. The molecule has 1 aliphatic heterocycles. The van der Waals surface area contributed by atoms with Gasteiger partial charge in [-0.15, -0.1) is 0 Å². The predicted octanol–water partition coefficient (Wildman–Crippen LogP) is 3.22. The molecule has 0 bridgehead atoms. The van der Waals surface area contributed by atoms with E-state index in [0.29, 0.717) is 24.7 Å². The molecular formula is C22H24ClN3O2. The summed E-state index contributed by atoms with van der Waals surface area (Å²) in [6.07, 6.45) is 5.13. The van der Waals surface area contributed by atoms with Gasteiger partial charge in [0.25, 0.3) is 0 Å². The number of nitrogens with zero attached hydrogens (tertiary/aromatic N) is 2. The normalized spacial score (nSPS) is 20.0. The molecule has 1 saturated heterocycles. The zero-order valence-electron chi connectivity index (χ0n) is 15.7. The second-order valence-corrected chi connectivity index (χ2v) is 8.26. The lowest BCUT2D eigenvalue weighted by molar-refractivity contribution is -0.130. The van der Waals surface area contributed by atoms with E-state index < -0.39 is 0 Å². The Balaban J connectivity index is 1.41. The first kappa shape index (κ1) is 18.9. The molecule has 2 aliphatic rings. The number of benzene rings is 1. The van der Waals surface area contributed by atoms with Gasteiger partial charge in [0.05, 0.1) is 24.6 Å². The molecular weight excluding hydrogens is 374 g/mol. The lowest BCUT2D eigenvalue weighted by Crippen LogP contribution is -2.45. The van der Waals surface area contributed by atoms with Gasteiger partial charge in [-0.3, -0.25) is 14.6 Å². The van der Waals surface area contributed by atoms with Gasteiger partial charge < -0.3 is 10.2 Å². The molecule has 1 atom stereocenters. The third-order valence-corrected chi connectivity index (χ3v) is 6.50. The third-order valence-electron chi connectivity index (χ3n) is 6.14. The monoisotopic (exact) mass is 397 g/mol. The summed E-state index contributed by atoms with van der Waals surface area (Å²) >= 11 is 6.21. The summed E-state index contributed by atoms with van der Waals surface area (Å²) in [5, 5.41) is 3.63. The van der Waals surface area contributed by atoms with Gasteiger partial charge in [-0.1, -0.05) is 42.3 Å². The van der Waals surface area contributed by atoms with Crippen molar-refractivity contribution in [2.24, 2.45) is 11.3 Å².